The van der Waals surface area contributed by atoms with Crippen molar-refractivity contribution in [3.63, 3.8) is 0 Å². The third-order valence-electron chi connectivity index (χ3n) is 12.2. The van der Waals surface area contributed by atoms with Gasteiger partial charge < -0.3 is 69.1 Å². The average molecular weight is 788 g/mol. The summed E-state index contributed by atoms with van der Waals surface area (Å²) in [6.07, 6.45) is -7.94. The molecule has 7 rings (SSSR count). The highest BCUT2D eigenvalue weighted by Crippen LogP contribution is 2.53. The minimum absolute atomic E-state index is 0.0417. The molecule has 0 saturated carbocycles. The van der Waals surface area contributed by atoms with E-state index in [-0.39, 0.29) is 54.5 Å². The minimum Gasteiger partial charge on any atom is -0.507 e. The number of carbonyl (C=O) groups is 2. The van der Waals surface area contributed by atoms with Gasteiger partial charge in [-0.1, -0.05) is 6.92 Å². The summed E-state index contributed by atoms with van der Waals surface area (Å²) in [6, 6.07) is 3.18. The predicted octanol–water partition coefficient (Wildman–Crippen LogP) is 2.43. The molecule has 14 atom stereocenters. The smallest absolute Gasteiger partial charge is 0.202 e. The number of aliphatic hydroxyl groups excluding tert-OH is 3. The third kappa shape index (κ3) is 7.12. The molecule has 0 bridgehead atoms. The lowest BCUT2D eigenvalue weighted by atomic mass is 9.71. The molecule has 3 aliphatic heterocycles. The molecule has 3 heterocycles. The lowest BCUT2D eigenvalue weighted by Gasteiger charge is -2.48. The van der Waals surface area contributed by atoms with E-state index < -0.39 is 119 Å². The molecule has 2 aromatic carbocycles. The topological polar surface area (TPSA) is 234 Å². The van der Waals surface area contributed by atoms with Crippen LogP contribution >= 0.6 is 0 Å². The number of likely N-dealkylation sites (N-methyl/N-ethyl adjacent to an activating group) is 1. The first-order valence-corrected chi connectivity index (χ1v) is 19.3. The van der Waals surface area contributed by atoms with Crippen molar-refractivity contribution in [2.45, 2.75) is 152 Å². The molecule has 0 amide bonds. The van der Waals surface area contributed by atoms with E-state index in [4.69, 9.17) is 28.4 Å². The molecule has 308 valence electrons. The molecule has 2 aromatic rings. The van der Waals surface area contributed by atoms with Crippen LogP contribution in [-0.4, -0.2) is 140 Å². The van der Waals surface area contributed by atoms with Gasteiger partial charge in [0.25, 0.3) is 0 Å². The minimum atomic E-state index is -1.81. The number of aromatic hydroxyl groups is 3. The Labute approximate surface area is 324 Å². The highest BCUT2D eigenvalue weighted by Gasteiger charge is 2.51. The summed E-state index contributed by atoms with van der Waals surface area (Å²) in [5, 5.41) is 76.9. The summed E-state index contributed by atoms with van der Waals surface area (Å²) in [4.78, 5) is 29.4. The number of aliphatic hydroxyl groups is 4. The Morgan fingerprint density at radius 3 is 1.96 bits per heavy atom. The molecule has 16 heteroatoms. The van der Waals surface area contributed by atoms with Crippen molar-refractivity contribution in [2.24, 2.45) is 0 Å². The van der Waals surface area contributed by atoms with E-state index in [1.165, 1.54) is 6.07 Å². The van der Waals surface area contributed by atoms with Gasteiger partial charge in [-0.3, -0.25) is 9.59 Å². The molecule has 3 saturated heterocycles. The number of hydrogen-bond donors (Lipinski definition) is 7. The van der Waals surface area contributed by atoms with Crippen LogP contribution in [0.2, 0.25) is 0 Å². The van der Waals surface area contributed by atoms with Crippen LogP contribution in [0.25, 0.3) is 0 Å². The van der Waals surface area contributed by atoms with E-state index in [1.54, 1.807) is 20.8 Å². The number of hydrogen-bond acceptors (Lipinski definition) is 16. The van der Waals surface area contributed by atoms with Gasteiger partial charge in [-0.15, -0.1) is 0 Å². The normalized spacial score (nSPS) is 38.6. The monoisotopic (exact) mass is 787 g/mol. The number of fused-ring (bicyclic) bond motifs is 3. The molecule has 2 aliphatic carbocycles. The van der Waals surface area contributed by atoms with E-state index >= 15 is 0 Å². The van der Waals surface area contributed by atoms with Crippen molar-refractivity contribution >= 4 is 11.6 Å². The average Bonchev–Trinajstić information content (AvgIpc) is 3.14. The van der Waals surface area contributed by atoms with Crippen LogP contribution in [0.3, 0.4) is 0 Å². The van der Waals surface area contributed by atoms with Gasteiger partial charge in [0.05, 0.1) is 58.9 Å². The van der Waals surface area contributed by atoms with Crippen molar-refractivity contribution in [3.8, 4) is 17.2 Å². The molecule has 3 fully saturated rings. The Morgan fingerprint density at radius 1 is 0.768 bits per heavy atom. The van der Waals surface area contributed by atoms with Crippen molar-refractivity contribution in [1.29, 1.82) is 0 Å². The van der Waals surface area contributed by atoms with E-state index in [9.17, 15) is 45.3 Å². The second-order valence-corrected chi connectivity index (χ2v) is 16.1. The van der Waals surface area contributed by atoms with Crippen molar-refractivity contribution < 1.29 is 73.8 Å². The van der Waals surface area contributed by atoms with Gasteiger partial charge in [0.2, 0.25) is 5.78 Å². The van der Waals surface area contributed by atoms with E-state index in [0.29, 0.717) is 12.8 Å². The molecule has 7 N–H and O–H groups in total. The maximum Gasteiger partial charge on any atom is 0.202 e. The zero-order valence-corrected chi connectivity index (χ0v) is 32.3. The lowest BCUT2D eigenvalue weighted by Crippen LogP contribution is -2.58. The first-order chi connectivity index (χ1) is 26.4. The fraction of sp³-hybridized carbons (Fsp3) is 0.650. The van der Waals surface area contributed by atoms with Crippen LogP contribution in [0.4, 0.5) is 0 Å². The number of phenols is 3. The molecule has 16 nitrogen and oxygen atoms in total. The molecule has 0 radical (unpaired) electrons. The van der Waals surface area contributed by atoms with Crippen LogP contribution < -0.4 is 0 Å². The lowest BCUT2D eigenvalue weighted by molar-refractivity contribution is -0.328. The van der Waals surface area contributed by atoms with E-state index in [2.05, 4.69) is 0 Å². The molecular formula is C40H53NO15. The van der Waals surface area contributed by atoms with Crippen molar-refractivity contribution in [2.75, 3.05) is 14.1 Å². The van der Waals surface area contributed by atoms with Gasteiger partial charge in [0.1, 0.15) is 35.6 Å². The summed E-state index contributed by atoms with van der Waals surface area (Å²) in [5.41, 5.74) is -3.44. The van der Waals surface area contributed by atoms with Crippen LogP contribution in [0, 0.1) is 0 Å². The number of phenolic OH excluding ortho intramolecular Hbond substituents is 3. The number of nitrogens with zero attached hydrogens (tertiary/aromatic N) is 1. The standard InChI is InChI=1S/C40H53NO15/c1-7-40(50)15-26(19-12-20-30(35(47)31(19)39(40)49)36(48)33-24(44)9-8-23(43)32(33)34(20)46)54-28-13-21(41(5)6)37(17(3)52-28)56-29-14-25(45)38(18(4)53-29)55-27-11-10-22(42)16(2)51-27/h8-9,12,16-18,21-22,25-29,37-39,42-45,47,49-50H,7,10-11,13-15H2,1-6H3. The van der Waals surface area contributed by atoms with Crippen LogP contribution in [-0.2, 0) is 28.4 Å². The summed E-state index contributed by atoms with van der Waals surface area (Å²) < 4.78 is 37.5. The summed E-state index contributed by atoms with van der Waals surface area (Å²) in [5.74, 6) is -3.56. The van der Waals surface area contributed by atoms with E-state index in [1.807, 2.05) is 25.9 Å². The van der Waals surface area contributed by atoms with Crippen LogP contribution in [0.5, 0.6) is 17.2 Å². The number of ether oxygens (including phenoxy) is 6. The molecule has 0 aromatic heterocycles. The number of rotatable bonds is 8. The fourth-order valence-electron chi connectivity index (χ4n) is 8.93. The van der Waals surface area contributed by atoms with E-state index in [0.717, 1.165) is 12.1 Å². The zero-order chi connectivity index (χ0) is 40.5. The van der Waals surface area contributed by atoms with Crippen LogP contribution in [0.15, 0.2) is 18.2 Å². The molecule has 56 heavy (non-hydrogen) atoms. The molecule has 0 spiro atoms. The maximum atomic E-state index is 13.8. The first-order valence-electron chi connectivity index (χ1n) is 19.3. The van der Waals surface area contributed by atoms with Gasteiger partial charge in [-0.25, -0.2) is 0 Å². The third-order valence-corrected chi connectivity index (χ3v) is 12.2. The number of benzene rings is 2. The first kappa shape index (κ1) is 40.9. The Kier molecular flexibility index (Phi) is 11.3. The zero-order valence-electron chi connectivity index (χ0n) is 32.3. The highest BCUT2D eigenvalue weighted by atomic mass is 16.7. The second kappa shape index (κ2) is 15.5. The Balaban J connectivity index is 1.10. The Morgan fingerprint density at radius 2 is 1.36 bits per heavy atom. The van der Waals surface area contributed by atoms with Crippen molar-refractivity contribution in [3.05, 3.63) is 51.6 Å². The molecule has 5 aliphatic rings. The molecular weight excluding hydrogens is 734 g/mol. The van der Waals surface area contributed by atoms with Gasteiger partial charge in [0, 0.05) is 42.9 Å². The van der Waals surface area contributed by atoms with Crippen LogP contribution in [0.1, 0.15) is 121 Å². The Bertz CT molecular complexity index is 1830. The quantitative estimate of drug-likeness (QED) is 0.163. The Hall–Kier alpha value is -3.26. The van der Waals surface area contributed by atoms with Gasteiger partial charge in [-0.2, -0.15) is 0 Å². The maximum absolute atomic E-state index is 13.8. The fourth-order valence-corrected chi connectivity index (χ4v) is 8.93. The predicted molar refractivity (Wildman–Crippen MR) is 194 cm³/mol. The summed E-state index contributed by atoms with van der Waals surface area (Å²) in [7, 11) is 3.75. The number of carbonyl (C=O) groups excluding carboxylic acids is 2. The van der Waals surface area contributed by atoms with Crippen molar-refractivity contribution in [1.82, 2.24) is 4.90 Å². The largest absolute Gasteiger partial charge is 0.507 e. The summed E-state index contributed by atoms with van der Waals surface area (Å²) in [6.45, 7) is 7.04. The van der Waals surface area contributed by atoms with Gasteiger partial charge >= 0.3 is 0 Å². The molecule has 14 unspecified atom stereocenters. The number of ketones is 2. The second-order valence-electron chi connectivity index (χ2n) is 16.1. The van der Waals surface area contributed by atoms with Gasteiger partial charge in [-0.05, 0) is 71.5 Å². The highest BCUT2D eigenvalue weighted by molar-refractivity contribution is 6.31. The summed E-state index contributed by atoms with van der Waals surface area (Å²) >= 11 is 0. The SMILES string of the molecule is CCC1(O)CC(OC2CC(N(C)C)C(OC3CC(O)C(OC4CCC(O)C(C)O4)C(C)O3)C(C)O2)c2cc3c(c(O)c2C1O)C(=O)c1c(O)ccc(O)c1C3=O. The van der Waals surface area contributed by atoms with Gasteiger partial charge in [0.15, 0.2) is 24.7 Å².